The van der Waals surface area contributed by atoms with E-state index in [0.29, 0.717) is 24.9 Å². The maximum atomic E-state index is 12.3. The topological polar surface area (TPSA) is 75.4 Å². The van der Waals surface area contributed by atoms with Crippen LogP contribution in [0.15, 0.2) is 54.6 Å². The molecule has 2 aromatic carbocycles. The third-order valence-corrected chi connectivity index (χ3v) is 6.30. The largest absolute Gasteiger partial charge is 0.370 e. The van der Waals surface area contributed by atoms with Crippen LogP contribution < -0.4 is 11.1 Å². The Labute approximate surface area is 179 Å². The first-order valence-electron chi connectivity index (χ1n) is 10.8. The summed E-state index contributed by atoms with van der Waals surface area (Å²) < 4.78 is 0. The van der Waals surface area contributed by atoms with Crippen LogP contribution in [0.1, 0.15) is 67.7 Å². The van der Waals surface area contributed by atoms with Gasteiger partial charge in [-0.15, -0.1) is 0 Å². The lowest BCUT2D eigenvalue weighted by molar-refractivity contribution is -0.132. The van der Waals surface area contributed by atoms with Crippen LogP contribution in [0, 0.1) is 0 Å². The van der Waals surface area contributed by atoms with Crippen LogP contribution in [0.25, 0.3) is 0 Å². The summed E-state index contributed by atoms with van der Waals surface area (Å²) in [5, 5.41) is 3.16. The van der Waals surface area contributed by atoms with Gasteiger partial charge in [0.05, 0.1) is 0 Å². The molecule has 30 heavy (non-hydrogen) atoms. The van der Waals surface area contributed by atoms with Crippen molar-refractivity contribution in [2.24, 2.45) is 5.73 Å². The Morgan fingerprint density at radius 1 is 1.03 bits per heavy atom. The Morgan fingerprint density at radius 2 is 1.67 bits per heavy atom. The summed E-state index contributed by atoms with van der Waals surface area (Å²) in [5.74, 6) is 0.367. The molecule has 1 atom stereocenters. The fraction of sp³-hybridized carbons (Fsp3) is 0.440. The minimum Gasteiger partial charge on any atom is -0.370 e. The number of benzene rings is 2. The molecular weight excluding hydrogens is 374 g/mol. The highest BCUT2D eigenvalue weighted by Crippen LogP contribution is 2.35. The van der Waals surface area contributed by atoms with Crippen LogP contribution in [0.3, 0.4) is 0 Å². The van der Waals surface area contributed by atoms with Crippen LogP contribution in [0.5, 0.6) is 0 Å². The van der Waals surface area contributed by atoms with E-state index >= 15 is 0 Å². The number of nitrogens with one attached hydrogen (secondary N) is 1. The van der Waals surface area contributed by atoms with E-state index in [1.807, 2.05) is 30.1 Å². The first kappa shape index (κ1) is 22.0. The van der Waals surface area contributed by atoms with Gasteiger partial charge in [0.2, 0.25) is 11.8 Å². The maximum absolute atomic E-state index is 12.3. The van der Waals surface area contributed by atoms with Gasteiger partial charge < -0.3 is 16.0 Å². The Balaban J connectivity index is 1.60. The summed E-state index contributed by atoms with van der Waals surface area (Å²) in [6, 6.07) is 19.0. The first-order valence-corrected chi connectivity index (χ1v) is 10.8. The number of nitrogens with two attached hydrogens (primary N) is 1. The smallest absolute Gasteiger partial charge is 0.219 e. The molecule has 3 N–H and O–H groups in total. The van der Waals surface area contributed by atoms with Gasteiger partial charge in [0.25, 0.3) is 0 Å². The van der Waals surface area contributed by atoms with E-state index in [1.54, 1.807) is 6.92 Å². The highest BCUT2D eigenvalue weighted by atomic mass is 16.2. The Hall–Kier alpha value is -2.66. The molecule has 0 aromatic heterocycles. The predicted molar refractivity (Wildman–Crippen MR) is 120 cm³/mol. The van der Waals surface area contributed by atoms with Gasteiger partial charge in [0, 0.05) is 32.0 Å². The van der Waals surface area contributed by atoms with E-state index in [4.69, 9.17) is 5.73 Å². The molecule has 1 aliphatic carbocycles. The molecule has 5 nitrogen and oxygen atoms in total. The van der Waals surface area contributed by atoms with E-state index in [2.05, 4.69) is 41.7 Å². The fourth-order valence-electron chi connectivity index (χ4n) is 4.59. The first-order chi connectivity index (χ1) is 14.5. The van der Waals surface area contributed by atoms with Gasteiger partial charge in [-0.05, 0) is 55.3 Å². The monoisotopic (exact) mass is 407 g/mol. The van der Waals surface area contributed by atoms with Crippen molar-refractivity contribution in [3.05, 3.63) is 71.3 Å². The Morgan fingerprint density at radius 3 is 2.20 bits per heavy atom. The van der Waals surface area contributed by atoms with Crippen LogP contribution in [0.2, 0.25) is 0 Å². The zero-order chi connectivity index (χ0) is 21.5. The highest BCUT2D eigenvalue weighted by Gasteiger charge is 2.28. The third-order valence-electron chi connectivity index (χ3n) is 6.30. The van der Waals surface area contributed by atoms with Crippen molar-refractivity contribution in [2.75, 3.05) is 7.05 Å². The van der Waals surface area contributed by atoms with Crippen molar-refractivity contribution < 1.29 is 9.59 Å². The number of primary amides is 1. The molecule has 5 heteroatoms. The van der Waals surface area contributed by atoms with Crippen molar-refractivity contribution in [3.8, 4) is 0 Å². The maximum Gasteiger partial charge on any atom is 0.219 e. The SMILES string of the molecule is CNC(CC(N)=O)c1ccc(C2CCC(N(Cc3ccccc3)C(C)=O)CC2)cc1. The number of amides is 2. The van der Waals surface area contributed by atoms with Crippen LogP contribution in [-0.2, 0) is 16.1 Å². The number of hydrogen-bond acceptors (Lipinski definition) is 3. The molecule has 2 aromatic rings. The van der Waals surface area contributed by atoms with Gasteiger partial charge in [-0.2, -0.15) is 0 Å². The molecule has 1 saturated carbocycles. The van der Waals surface area contributed by atoms with Crippen molar-refractivity contribution in [1.29, 1.82) is 0 Å². The second-order valence-corrected chi connectivity index (χ2v) is 8.32. The average Bonchev–Trinajstić information content (AvgIpc) is 2.76. The minimum absolute atomic E-state index is 0.0469. The number of nitrogens with zero attached hydrogens (tertiary/aromatic N) is 1. The summed E-state index contributed by atoms with van der Waals surface area (Å²) in [6.45, 7) is 2.36. The Kier molecular flexibility index (Phi) is 7.63. The second kappa shape index (κ2) is 10.4. The molecule has 0 bridgehead atoms. The van der Waals surface area contributed by atoms with E-state index in [1.165, 1.54) is 11.1 Å². The molecule has 1 fully saturated rings. The van der Waals surface area contributed by atoms with Gasteiger partial charge in [-0.3, -0.25) is 9.59 Å². The number of carbonyl (C=O) groups excluding carboxylic acids is 2. The van der Waals surface area contributed by atoms with Crippen molar-refractivity contribution in [1.82, 2.24) is 10.2 Å². The van der Waals surface area contributed by atoms with E-state index < -0.39 is 0 Å². The summed E-state index contributed by atoms with van der Waals surface area (Å²) in [7, 11) is 1.85. The van der Waals surface area contributed by atoms with Crippen LogP contribution >= 0.6 is 0 Å². The fourth-order valence-corrected chi connectivity index (χ4v) is 4.59. The zero-order valence-corrected chi connectivity index (χ0v) is 18.0. The van der Waals surface area contributed by atoms with E-state index in [0.717, 1.165) is 31.2 Å². The molecule has 0 radical (unpaired) electrons. The lowest BCUT2D eigenvalue weighted by atomic mass is 9.80. The Bertz CT molecular complexity index is 827. The highest BCUT2D eigenvalue weighted by molar-refractivity contribution is 5.74. The van der Waals surface area contributed by atoms with E-state index in [-0.39, 0.29) is 17.9 Å². The molecule has 2 amide bonds. The average molecular weight is 408 g/mol. The normalized spacial score (nSPS) is 19.8. The molecule has 0 spiro atoms. The van der Waals surface area contributed by atoms with Gasteiger partial charge in [0.1, 0.15) is 0 Å². The van der Waals surface area contributed by atoms with Gasteiger partial charge in [-0.1, -0.05) is 54.6 Å². The van der Waals surface area contributed by atoms with Crippen molar-refractivity contribution in [3.63, 3.8) is 0 Å². The van der Waals surface area contributed by atoms with Crippen molar-refractivity contribution in [2.45, 2.75) is 63.6 Å². The molecule has 0 saturated heterocycles. The number of carbonyl (C=O) groups is 2. The molecule has 1 aliphatic rings. The summed E-state index contributed by atoms with van der Waals surface area (Å²) in [5.41, 5.74) is 8.95. The van der Waals surface area contributed by atoms with Crippen LogP contribution in [0.4, 0.5) is 0 Å². The van der Waals surface area contributed by atoms with Gasteiger partial charge >= 0.3 is 0 Å². The van der Waals surface area contributed by atoms with Gasteiger partial charge in [0.15, 0.2) is 0 Å². The molecule has 0 aliphatic heterocycles. The third kappa shape index (κ3) is 5.70. The summed E-state index contributed by atoms with van der Waals surface area (Å²) in [6.07, 6.45) is 4.52. The molecule has 160 valence electrons. The molecule has 1 unspecified atom stereocenters. The van der Waals surface area contributed by atoms with Crippen molar-refractivity contribution >= 4 is 11.8 Å². The number of rotatable bonds is 8. The zero-order valence-electron chi connectivity index (χ0n) is 18.0. The van der Waals surface area contributed by atoms with Gasteiger partial charge in [-0.25, -0.2) is 0 Å². The minimum atomic E-state index is -0.303. The summed E-state index contributed by atoms with van der Waals surface area (Å²) >= 11 is 0. The predicted octanol–water partition coefficient (Wildman–Crippen LogP) is 3.90. The number of hydrogen-bond donors (Lipinski definition) is 2. The quantitative estimate of drug-likeness (QED) is 0.697. The lowest BCUT2D eigenvalue weighted by Crippen LogP contribution is -2.40. The lowest BCUT2D eigenvalue weighted by Gasteiger charge is -2.37. The molecule has 0 heterocycles. The molecule has 3 rings (SSSR count). The summed E-state index contributed by atoms with van der Waals surface area (Å²) in [4.78, 5) is 25.6. The standard InChI is InChI=1S/C25H33N3O2/c1-18(29)28(17-19-6-4-3-5-7-19)23-14-12-21(13-15-23)20-8-10-22(11-9-20)24(27-2)16-25(26)30/h3-11,21,23-24,27H,12-17H2,1-2H3,(H2,26,30). The van der Waals surface area contributed by atoms with Crippen LogP contribution in [-0.4, -0.2) is 29.8 Å². The van der Waals surface area contributed by atoms with E-state index in [9.17, 15) is 9.59 Å². The second-order valence-electron chi connectivity index (χ2n) is 8.32. The molecular formula is C25H33N3O2.